The number of hydrogen-bond donors (Lipinski definition) is 0. The zero-order valence-corrected chi connectivity index (χ0v) is 16.5. The van der Waals surface area contributed by atoms with Gasteiger partial charge in [0.05, 0.1) is 0 Å². The molecule has 0 bridgehead atoms. The number of rotatable bonds is 7. The van der Waals surface area contributed by atoms with Gasteiger partial charge >= 0.3 is 5.97 Å². The Balaban J connectivity index is 1.31. The quantitative estimate of drug-likeness (QED) is 0.540. The molecule has 0 amide bonds. The number of aromatic nitrogens is 1. The third-order valence-corrected chi connectivity index (χ3v) is 5.48. The summed E-state index contributed by atoms with van der Waals surface area (Å²) in [6, 6.07) is 18.1. The minimum Gasteiger partial charge on any atom is -0.489 e. The van der Waals surface area contributed by atoms with Gasteiger partial charge in [0.25, 0.3) is 0 Å². The highest BCUT2D eigenvalue weighted by Gasteiger charge is 2.65. The Morgan fingerprint density at radius 2 is 1.76 bits per heavy atom. The highest BCUT2D eigenvalue weighted by molar-refractivity contribution is 5.78. The van der Waals surface area contributed by atoms with Gasteiger partial charge in [-0.05, 0) is 47.9 Å². The summed E-state index contributed by atoms with van der Waals surface area (Å²) in [6.45, 7) is 4.12. The van der Waals surface area contributed by atoms with Crippen LogP contribution in [0.2, 0.25) is 0 Å². The van der Waals surface area contributed by atoms with Crippen molar-refractivity contribution in [2.45, 2.75) is 33.1 Å². The summed E-state index contributed by atoms with van der Waals surface area (Å²) < 4.78 is 26.3. The van der Waals surface area contributed by atoms with Gasteiger partial charge in [0.15, 0.2) is 6.73 Å². The number of nitrogens with zero attached hydrogens (tertiary/aromatic N) is 1. The second-order valence-electron chi connectivity index (χ2n) is 8.08. The van der Waals surface area contributed by atoms with Gasteiger partial charge in [0, 0.05) is 17.8 Å². The van der Waals surface area contributed by atoms with Crippen molar-refractivity contribution in [2.24, 2.45) is 11.3 Å². The monoisotopic (exact) mass is 393 g/mol. The molecule has 1 aromatic heterocycles. The Morgan fingerprint density at radius 3 is 2.48 bits per heavy atom. The standard InChI is InChI=1S/C24H24FNO3/c1-24(2)21(22(24)29-20-10-8-19(25)9-11-20)23(27)28-16-26-13-12-18(15-26)14-17-6-4-3-5-7-17/h3-13,15,21-22H,14,16H2,1-2H3. The van der Waals surface area contributed by atoms with E-state index < -0.39 is 0 Å². The lowest BCUT2D eigenvalue weighted by molar-refractivity contribution is -0.150. The van der Waals surface area contributed by atoms with Crippen molar-refractivity contribution in [3.63, 3.8) is 0 Å². The molecule has 0 radical (unpaired) electrons. The van der Waals surface area contributed by atoms with Gasteiger partial charge in [-0.15, -0.1) is 0 Å². The fourth-order valence-electron chi connectivity index (χ4n) is 3.63. The molecule has 0 spiro atoms. The van der Waals surface area contributed by atoms with Crippen LogP contribution in [0.5, 0.6) is 5.75 Å². The molecule has 4 rings (SSSR count). The molecule has 4 nitrogen and oxygen atoms in total. The van der Waals surface area contributed by atoms with Crippen molar-refractivity contribution in [1.29, 1.82) is 0 Å². The molecule has 2 aromatic carbocycles. The number of carbonyl (C=O) groups is 1. The third-order valence-electron chi connectivity index (χ3n) is 5.48. The van der Waals surface area contributed by atoms with E-state index in [2.05, 4.69) is 12.1 Å². The lowest BCUT2D eigenvalue weighted by atomic mass is 10.1. The van der Waals surface area contributed by atoms with Crippen LogP contribution >= 0.6 is 0 Å². The molecule has 1 fully saturated rings. The highest BCUT2D eigenvalue weighted by Crippen LogP contribution is 2.54. The number of benzene rings is 2. The van der Waals surface area contributed by atoms with Gasteiger partial charge < -0.3 is 14.0 Å². The summed E-state index contributed by atoms with van der Waals surface area (Å²) in [6.07, 6.45) is 4.46. The molecule has 1 aliphatic rings. The molecule has 5 heteroatoms. The summed E-state index contributed by atoms with van der Waals surface area (Å²) in [5, 5.41) is 0. The minimum atomic E-state index is -0.341. The van der Waals surface area contributed by atoms with Crippen LogP contribution in [-0.2, 0) is 22.7 Å². The molecular formula is C24H24FNO3. The van der Waals surface area contributed by atoms with E-state index in [4.69, 9.17) is 9.47 Å². The van der Waals surface area contributed by atoms with Gasteiger partial charge in [-0.25, -0.2) is 4.39 Å². The van der Waals surface area contributed by atoms with Gasteiger partial charge in [0.2, 0.25) is 0 Å². The Labute approximate surface area is 169 Å². The normalized spacial score (nSPS) is 19.6. The van der Waals surface area contributed by atoms with Crippen molar-refractivity contribution < 1.29 is 18.7 Å². The fraction of sp³-hybridized carbons (Fsp3) is 0.292. The topological polar surface area (TPSA) is 40.5 Å². The van der Waals surface area contributed by atoms with Gasteiger partial charge in [-0.1, -0.05) is 44.2 Å². The number of ether oxygens (including phenoxy) is 2. The van der Waals surface area contributed by atoms with Crippen LogP contribution in [0.25, 0.3) is 0 Å². The molecule has 1 aliphatic carbocycles. The number of halogens is 1. The van der Waals surface area contributed by atoms with Crippen LogP contribution in [0.1, 0.15) is 25.0 Å². The van der Waals surface area contributed by atoms with E-state index >= 15 is 0 Å². The van der Waals surface area contributed by atoms with Crippen molar-refractivity contribution in [3.8, 4) is 5.75 Å². The van der Waals surface area contributed by atoms with Crippen LogP contribution in [0, 0.1) is 17.2 Å². The molecule has 2 atom stereocenters. The third kappa shape index (κ3) is 4.34. The molecule has 2 unspecified atom stereocenters. The second-order valence-corrected chi connectivity index (χ2v) is 8.08. The van der Waals surface area contributed by atoms with E-state index in [1.807, 2.05) is 55.1 Å². The summed E-state index contributed by atoms with van der Waals surface area (Å²) in [4.78, 5) is 12.6. The first-order valence-electron chi connectivity index (χ1n) is 9.71. The first kappa shape index (κ1) is 19.2. The van der Waals surface area contributed by atoms with E-state index in [1.54, 1.807) is 12.1 Å². The number of hydrogen-bond acceptors (Lipinski definition) is 3. The first-order chi connectivity index (χ1) is 13.9. The molecule has 29 heavy (non-hydrogen) atoms. The van der Waals surface area contributed by atoms with Crippen LogP contribution < -0.4 is 4.74 Å². The summed E-state index contributed by atoms with van der Waals surface area (Å²) in [5.41, 5.74) is 2.08. The Hall–Kier alpha value is -3.08. The second kappa shape index (κ2) is 7.74. The lowest BCUT2D eigenvalue weighted by Crippen LogP contribution is -2.14. The first-order valence-corrected chi connectivity index (χ1v) is 9.71. The molecule has 3 aromatic rings. The van der Waals surface area contributed by atoms with Crippen LogP contribution in [0.4, 0.5) is 4.39 Å². The molecule has 1 saturated carbocycles. The molecule has 0 N–H and O–H groups in total. The number of esters is 1. The van der Waals surface area contributed by atoms with Crippen molar-refractivity contribution >= 4 is 5.97 Å². The smallest absolute Gasteiger partial charge is 0.315 e. The summed E-state index contributed by atoms with van der Waals surface area (Å²) in [5.74, 6) is -0.384. The van der Waals surface area contributed by atoms with E-state index in [0.29, 0.717) is 5.75 Å². The SMILES string of the molecule is CC1(C)C(Oc2ccc(F)cc2)C1C(=O)OCn1ccc(Cc2ccccc2)c1. The Bertz CT molecular complexity index is 979. The van der Waals surface area contributed by atoms with Crippen molar-refractivity contribution in [3.05, 3.63) is 90.0 Å². The van der Waals surface area contributed by atoms with E-state index in [1.165, 1.54) is 17.7 Å². The van der Waals surface area contributed by atoms with Gasteiger partial charge in [0.1, 0.15) is 23.6 Å². The van der Waals surface area contributed by atoms with Crippen molar-refractivity contribution in [1.82, 2.24) is 4.57 Å². The molecule has 150 valence electrons. The lowest BCUT2D eigenvalue weighted by Gasteiger charge is -2.07. The maximum Gasteiger partial charge on any atom is 0.315 e. The van der Waals surface area contributed by atoms with Gasteiger partial charge in [-0.3, -0.25) is 4.79 Å². The van der Waals surface area contributed by atoms with E-state index in [-0.39, 0.29) is 36.0 Å². The average Bonchev–Trinajstić information content (AvgIpc) is 3.01. The van der Waals surface area contributed by atoms with E-state index in [0.717, 1.165) is 12.0 Å². The molecule has 0 aliphatic heterocycles. The maximum absolute atomic E-state index is 13.1. The molecule has 1 heterocycles. The zero-order chi connectivity index (χ0) is 20.4. The molecule has 0 saturated heterocycles. The Kier molecular flexibility index (Phi) is 5.14. The average molecular weight is 393 g/mol. The number of carbonyl (C=O) groups excluding carboxylic acids is 1. The maximum atomic E-state index is 13.1. The Morgan fingerprint density at radius 1 is 1.03 bits per heavy atom. The van der Waals surface area contributed by atoms with Crippen LogP contribution in [0.3, 0.4) is 0 Å². The van der Waals surface area contributed by atoms with Crippen LogP contribution in [-0.4, -0.2) is 16.6 Å². The van der Waals surface area contributed by atoms with Gasteiger partial charge in [-0.2, -0.15) is 0 Å². The largest absolute Gasteiger partial charge is 0.489 e. The predicted molar refractivity (Wildman–Crippen MR) is 108 cm³/mol. The predicted octanol–water partition coefficient (Wildman–Crippen LogP) is 4.82. The van der Waals surface area contributed by atoms with Crippen molar-refractivity contribution in [2.75, 3.05) is 0 Å². The minimum absolute atomic E-state index is 0.170. The fourth-order valence-corrected chi connectivity index (χ4v) is 3.63. The molecular weight excluding hydrogens is 369 g/mol. The van der Waals surface area contributed by atoms with E-state index in [9.17, 15) is 9.18 Å². The zero-order valence-electron chi connectivity index (χ0n) is 16.5. The highest BCUT2D eigenvalue weighted by atomic mass is 19.1. The summed E-state index contributed by atoms with van der Waals surface area (Å²) in [7, 11) is 0. The van der Waals surface area contributed by atoms with Crippen LogP contribution in [0.15, 0.2) is 73.1 Å². The summed E-state index contributed by atoms with van der Waals surface area (Å²) >= 11 is 0.